The van der Waals surface area contributed by atoms with Crippen molar-refractivity contribution in [3.05, 3.63) is 40.2 Å². The van der Waals surface area contributed by atoms with Gasteiger partial charge in [0.25, 0.3) is 5.91 Å². The molecule has 0 aromatic carbocycles. The second-order valence-electron chi connectivity index (χ2n) is 4.81. The number of hydrogen-bond donors (Lipinski definition) is 1. The molecule has 0 radical (unpaired) electrons. The average Bonchev–Trinajstić information content (AvgIpc) is 3.02. The van der Waals surface area contributed by atoms with Gasteiger partial charge >= 0.3 is 0 Å². The molecule has 104 valence electrons. The highest BCUT2D eigenvalue weighted by atomic mass is 32.1. The topological polar surface area (TPSA) is 71.8 Å². The van der Waals surface area contributed by atoms with E-state index in [9.17, 15) is 4.79 Å². The second kappa shape index (κ2) is 5.22. The fraction of sp³-hybridized carbons (Fsp3) is 0.286. The third-order valence-corrected chi connectivity index (χ3v) is 4.45. The summed E-state index contributed by atoms with van der Waals surface area (Å²) in [6, 6.07) is 3.61. The molecule has 20 heavy (non-hydrogen) atoms. The van der Waals surface area contributed by atoms with E-state index in [1.807, 2.05) is 6.07 Å². The van der Waals surface area contributed by atoms with Crippen molar-refractivity contribution >= 4 is 28.5 Å². The third-order valence-electron chi connectivity index (χ3n) is 3.33. The van der Waals surface area contributed by atoms with Gasteiger partial charge in [0, 0.05) is 18.0 Å². The zero-order valence-electron chi connectivity index (χ0n) is 11.1. The molecular weight excluding hydrogens is 274 g/mol. The Balaban J connectivity index is 2.00. The molecule has 0 aliphatic carbocycles. The summed E-state index contributed by atoms with van der Waals surface area (Å²) in [7, 11) is 2.07. The van der Waals surface area contributed by atoms with Crippen molar-refractivity contribution in [2.45, 2.75) is 13.0 Å². The summed E-state index contributed by atoms with van der Waals surface area (Å²) in [5.74, 6) is 0.252. The van der Waals surface area contributed by atoms with E-state index in [2.05, 4.69) is 16.9 Å². The summed E-state index contributed by atoms with van der Waals surface area (Å²) < 4.78 is 5.21. The van der Waals surface area contributed by atoms with Gasteiger partial charge in [-0.1, -0.05) is 0 Å². The van der Waals surface area contributed by atoms with Crippen molar-refractivity contribution in [3.8, 4) is 0 Å². The van der Waals surface area contributed by atoms with Crippen molar-refractivity contribution in [1.29, 1.82) is 0 Å². The first-order chi connectivity index (χ1) is 9.65. The zero-order chi connectivity index (χ0) is 14.1. The van der Waals surface area contributed by atoms with Crippen LogP contribution in [0.15, 0.2) is 27.8 Å². The van der Waals surface area contributed by atoms with Gasteiger partial charge in [-0.3, -0.25) is 4.79 Å². The monoisotopic (exact) mass is 289 g/mol. The van der Waals surface area contributed by atoms with Gasteiger partial charge < -0.3 is 15.1 Å². The standard InChI is InChI=1S/C14H15N3O2S/c1-17-5-4-10-11(8-17)20-14(12(10)13(15)18)16-7-9-3-2-6-19-9/h2-3,6-7H,4-5,8H2,1H3,(H2,15,18)/b16-7+. The van der Waals surface area contributed by atoms with Gasteiger partial charge in [-0.25, -0.2) is 4.99 Å². The summed E-state index contributed by atoms with van der Waals surface area (Å²) in [5.41, 5.74) is 7.16. The maximum Gasteiger partial charge on any atom is 0.252 e. The van der Waals surface area contributed by atoms with Crippen LogP contribution >= 0.6 is 11.3 Å². The number of thiophene rings is 1. The van der Waals surface area contributed by atoms with Gasteiger partial charge in [0.15, 0.2) is 0 Å². The Morgan fingerprint density at radius 3 is 3.15 bits per heavy atom. The summed E-state index contributed by atoms with van der Waals surface area (Å²) in [6.07, 6.45) is 4.05. The van der Waals surface area contributed by atoms with Crippen LogP contribution in [-0.4, -0.2) is 30.6 Å². The first-order valence-corrected chi connectivity index (χ1v) is 7.17. The van der Waals surface area contributed by atoms with Gasteiger partial charge in [-0.15, -0.1) is 11.3 Å². The smallest absolute Gasteiger partial charge is 0.252 e. The minimum absolute atomic E-state index is 0.404. The maximum atomic E-state index is 11.7. The number of amides is 1. The molecular formula is C14H15N3O2S. The predicted molar refractivity (Wildman–Crippen MR) is 78.8 cm³/mol. The van der Waals surface area contributed by atoms with Crippen LogP contribution in [-0.2, 0) is 13.0 Å². The molecule has 0 bridgehead atoms. The molecule has 2 N–H and O–H groups in total. The van der Waals surface area contributed by atoms with Crippen molar-refractivity contribution < 1.29 is 9.21 Å². The Kier molecular flexibility index (Phi) is 3.42. The number of fused-ring (bicyclic) bond motifs is 1. The van der Waals surface area contributed by atoms with E-state index in [1.165, 1.54) is 16.2 Å². The van der Waals surface area contributed by atoms with E-state index in [4.69, 9.17) is 10.2 Å². The highest BCUT2D eigenvalue weighted by molar-refractivity contribution is 7.16. The van der Waals surface area contributed by atoms with Crippen LogP contribution < -0.4 is 5.73 Å². The van der Waals surface area contributed by atoms with E-state index in [1.54, 1.807) is 18.5 Å². The number of primary amides is 1. The lowest BCUT2D eigenvalue weighted by Gasteiger charge is -2.22. The van der Waals surface area contributed by atoms with Gasteiger partial charge in [-0.2, -0.15) is 0 Å². The molecule has 1 aliphatic rings. The molecule has 0 unspecified atom stereocenters. The number of nitrogens with zero attached hydrogens (tertiary/aromatic N) is 2. The molecule has 0 spiro atoms. The average molecular weight is 289 g/mol. The fourth-order valence-corrected chi connectivity index (χ4v) is 3.63. The molecule has 5 nitrogen and oxygen atoms in total. The first-order valence-electron chi connectivity index (χ1n) is 6.35. The molecule has 3 rings (SSSR count). The van der Waals surface area contributed by atoms with E-state index < -0.39 is 5.91 Å². The van der Waals surface area contributed by atoms with Crippen LogP contribution in [0.25, 0.3) is 0 Å². The van der Waals surface area contributed by atoms with Crippen LogP contribution in [0.3, 0.4) is 0 Å². The summed E-state index contributed by atoms with van der Waals surface area (Å²) in [4.78, 5) is 19.5. The Morgan fingerprint density at radius 1 is 1.60 bits per heavy atom. The highest BCUT2D eigenvalue weighted by Gasteiger charge is 2.25. The normalized spacial score (nSPS) is 15.7. The van der Waals surface area contributed by atoms with Crippen LogP contribution in [0.4, 0.5) is 5.00 Å². The third kappa shape index (κ3) is 2.39. The molecule has 1 aliphatic heterocycles. The molecule has 1 amide bonds. The number of carbonyl (C=O) groups is 1. The van der Waals surface area contributed by atoms with E-state index >= 15 is 0 Å². The Morgan fingerprint density at radius 2 is 2.45 bits per heavy atom. The SMILES string of the molecule is CN1CCc2c(sc(/N=C/c3ccco3)c2C(N)=O)C1. The van der Waals surface area contributed by atoms with Crippen LogP contribution in [0, 0.1) is 0 Å². The van der Waals surface area contributed by atoms with Gasteiger partial charge in [0.05, 0.1) is 18.0 Å². The van der Waals surface area contributed by atoms with Crippen molar-refractivity contribution in [2.75, 3.05) is 13.6 Å². The summed E-state index contributed by atoms with van der Waals surface area (Å²) in [5, 5.41) is 0.675. The minimum atomic E-state index is -0.404. The second-order valence-corrected chi connectivity index (χ2v) is 5.89. The van der Waals surface area contributed by atoms with Gasteiger partial charge in [0.1, 0.15) is 10.8 Å². The summed E-state index contributed by atoms with van der Waals surface area (Å²) in [6.45, 7) is 1.78. The molecule has 2 aromatic rings. The van der Waals surface area contributed by atoms with E-state index in [-0.39, 0.29) is 0 Å². The maximum absolute atomic E-state index is 11.7. The minimum Gasteiger partial charge on any atom is -0.463 e. The Hall–Kier alpha value is -1.92. The van der Waals surface area contributed by atoms with Crippen LogP contribution in [0.2, 0.25) is 0 Å². The number of nitrogens with two attached hydrogens (primary N) is 1. The highest BCUT2D eigenvalue weighted by Crippen LogP contribution is 2.38. The lowest BCUT2D eigenvalue weighted by molar-refractivity contribution is 0.1000. The first kappa shape index (κ1) is 13.1. The molecule has 0 saturated carbocycles. The number of furan rings is 1. The number of aliphatic imine (C=N–C) groups is 1. The van der Waals surface area contributed by atoms with Crippen molar-refractivity contribution in [1.82, 2.24) is 4.90 Å². The van der Waals surface area contributed by atoms with Crippen molar-refractivity contribution in [3.63, 3.8) is 0 Å². The lowest BCUT2D eigenvalue weighted by Crippen LogP contribution is -2.26. The molecule has 0 fully saturated rings. The fourth-order valence-electron chi connectivity index (χ4n) is 2.35. The van der Waals surface area contributed by atoms with Crippen LogP contribution in [0.5, 0.6) is 0 Å². The molecule has 6 heteroatoms. The molecule has 3 heterocycles. The van der Waals surface area contributed by atoms with Gasteiger partial charge in [0.2, 0.25) is 0 Å². The Labute approximate surface area is 120 Å². The largest absolute Gasteiger partial charge is 0.463 e. The van der Waals surface area contributed by atoms with Crippen LogP contribution in [0.1, 0.15) is 26.6 Å². The molecule has 0 saturated heterocycles. The van der Waals surface area contributed by atoms with E-state index in [0.717, 1.165) is 25.1 Å². The number of likely N-dealkylation sites (N-methyl/N-ethyl adjacent to an activating group) is 1. The summed E-state index contributed by atoms with van der Waals surface area (Å²) >= 11 is 1.53. The molecule has 0 atom stereocenters. The predicted octanol–water partition coefficient (Wildman–Crippen LogP) is 2.18. The quantitative estimate of drug-likeness (QED) is 0.880. The lowest BCUT2D eigenvalue weighted by atomic mass is 10.0. The Bertz CT molecular complexity index is 658. The molecule has 2 aromatic heterocycles. The number of carbonyl (C=O) groups excluding carboxylic acids is 1. The van der Waals surface area contributed by atoms with Gasteiger partial charge in [-0.05, 0) is 31.2 Å². The zero-order valence-corrected chi connectivity index (χ0v) is 11.9. The number of hydrogen-bond acceptors (Lipinski definition) is 5. The number of rotatable bonds is 3. The van der Waals surface area contributed by atoms with E-state index in [0.29, 0.717) is 16.3 Å². The van der Waals surface area contributed by atoms with Crippen molar-refractivity contribution in [2.24, 2.45) is 10.7 Å².